The molecule has 0 atom stereocenters. The Labute approximate surface area is 180 Å². The van der Waals surface area contributed by atoms with Crippen LogP contribution in [0.2, 0.25) is 0 Å². The second kappa shape index (κ2) is 9.96. The second-order valence-electron chi connectivity index (χ2n) is 6.72. The van der Waals surface area contributed by atoms with E-state index < -0.39 is 5.91 Å². The van der Waals surface area contributed by atoms with Crippen LogP contribution in [0.5, 0.6) is 0 Å². The lowest BCUT2D eigenvalue weighted by Crippen LogP contribution is -2.27. The highest BCUT2D eigenvalue weighted by molar-refractivity contribution is 7.97. The molecule has 0 aliphatic rings. The van der Waals surface area contributed by atoms with Gasteiger partial charge in [0.15, 0.2) is 0 Å². The number of hydrogen-bond acceptors (Lipinski definition) is 5. The maximum Gasteiger partial charge on any atom is 0.250 e. The van der Waals surface area contributed by atoms with Crippen LogP contribution >= 0.6 is 11.9 Å². The van der Waals surface area contributed by atoms with Crippen LogP contribution in [0.4, 0.5) is 5.69 Å². The summed E-state index contributed by atoms with van der Waals surface area (Å²) in [5.74, 6) is -0.598. The molecule has 0 bridgehead atoms. The van der Waals surface area contributed by atoms with E-state index in [9.17, 15) is 9.59 Å². The predicted molar refractivity (Wildman–Crippen MR) is 123 cm³/mol. The Morgan fingerprint density at radius 2 is 1.60 bits per heavy atom. The molecule has 0 unspecified atom stereocenters. The lowest BCUT2D eigenvalue weighted by Gasteiger charge is -2.14. The van der Waals surface area contributed by atoms with Crippen LogP contribution in [0.1, 0.15) is 17.3 Å². The molecule has 0 saturated heterocycles. The summed E-state index contributed by atoms with van der Waals surface area (Å²) in [6, 6.07) is 21.4. The molecular weight excluding hydrogens is 396 g/mol. The number of amides is 2. The van der Waals surface area contributed by atoms with Crippen molar-refractivity contribution in [1.29, 1.82) is 0 Å². The second-order valence-corrected chi connectivity index (χ2v) is 7.68. The monoisotopic (exact) mass is 420 g/mol. The van der Waals surface area contributed by atoms with E-state index in [1.54, 1.807) is 6.07 Å². The third-order valence-corrected chi connectivity index (χ3v) is 5.37. The molecule has 0 heterocycles. The van der Waals surface area contributed by atoms with Crippen molar-refractivity contribution in [3.05, 3.63) is 72.3 Å². The summed E-state index contributed by atoms with van der Waals surface area (Å²) >= 11 is 1.48. The molecule has 3 aromatic carbocycles. The maximum absolute atomic E-state index is 12.0. The van der Waals surface area contributed by atoms with E-state index in [0.717, 1.165) is 27.1 Å². The lowest BCUT2D eigenvalue weighted by molar-refractivity contribution is -0.118. The third kappa shape index (κ3) is 5.40. The standard InChI is InChI=1S/C23H24N4O2S/c1-15(28)26-11-12-27-30-19-9-7-17(8-10-19)20-13-18(16-5-3-2-4-6-16)14-21(22(20)24)23(25)29/h2-10,13-14,27H,11-12,24H2,1H3,(H2,25,29)(H,26,28). The molecule has 2 amide bonds. The highest BCUT2D eigenvalue weighted by Gasteiger charge is 2.15. The Bertz CT molecular complexity index is 1040. The van der Waals surface area contributed by atoms with Crippen molar-refractivity contribution in [2.75, 3.05) is 18.8 Å². The first-order chi connectivity index (χ1) is 14.5. The van der Waals surface area contributed by atoms with E-state index in [0.29, 0.717) is 24.3 Å². The minimum atomic E-state index is -0.554. The Kier molecular flexibility index (Phi) is 7.11. The fraction of sp³-hybridized carbons (Fsp3) is 0.130. The average molecular weight is 421 g/mol. The van der Waals surface area contributed by atoms with Gasteiger partial charge >= 0.3 is 0 Å². The summed E-state index contributed by atoms with van der Waals surface area (Å²) in [5, 5.41) is 2.74. The molecule has 0 fully saturated rings. The van der Waals surface area contributed by atoms with Crippen molar-refractivity contribution in [2.45, 2.75) is 11.8 Å². The third-order valence-electron chi connectivity index (χ3n) is 4.51. The van der Waals surface area contributed by atoms with Crippen LogP contribution < -0.4 is 21.5 Å². The van der Waals surface area contributed by atoms with Gasteiger partial charge in [0, 0.05) is 30.5 Å². The number of anilines is 1. The van der Waals surface area contributed by atoms with E-state index >= 15 is 0 Å². The smallest absolute Gasteiger partial charge is 0.250 e. The number of hydrogen-bond donors (Lipinski definition) is 4. The maximum atomic E-state index is 12.0. The van der Waals surface area contributed by atoms with Gasteiger partial charge in [-0.2, -0.15) is 0 Å². The molecule has 30 heavy (non-hydrogen) atoms. The van der Waals surface area contributed by atoms with Gasteiger partial charge in [0.25, 0.3) is 5.91 Å². The number of primary amides is 1. The lowest BCUT2D eigenvalue weighted by atomic mass is 9.94. The quantitative estimate of drug-likeness (QED) is 0.253. The van der Waals surface area contributed by atoms with Crippen LogP contribution in [-0.4, -0.2) is 24.9 Å². The normalized spacial score (nSPS) is 10.6. The first-order valence-corrected chi connectivity index (χ1v) is 10.3. The highest BCUT2D eigenvalue weighted by atomic mass is 32.2. The number of nitrogens with one attached hydrogen (secondary N) is 2. The van der Waals surface area contributed by atoms with Crippen molar-refractivity contribution in [2.24, 2.45) is 5.73 Å². The number of nitrogens with two attached hydrogens (primary N) is 2. The van der Waals surface area contributed by atoms with Gasteiger partial charge in [0.05, 0.1) is 11.3 Å². The SMILES string of the molecule is CC(=O)NCCNSc1ccc(-c2cc(-c3ccccc3)cc(C(N)=O)c2N)cc1. The van der Waals surface area contributed by atoms with E-state index in [2.05, 4.69) is 10.0 Å². The van der Waals surface area contributed by atoms with Crippen molar-refractivity contribution in [3.63, 3.8) is 0 Å². The van der Waals surface area contributed by atoms with Gasteiger partial charge in [-0.15, -0.1) is 0 Å². The van der Waals surface area contributed by atoms with E-state index in [-0.39, 0.29) is 5.91 Å². The number of rotatable bonds is 8. The molecule has 6 nitrogen and oxygen atoms in total. The van der Waals surface area contributed by atoms with Crippen molar-refractivity contribution in [1.82, 2.24) is 10.0 Å². The Hall–Kier alpha value is -3.29. The summed E-state index contributed by atoms with van der Waals surface area (Å²) in [7, 11) is 0. The van der Waals surface area contributed by atoms with Gasteiger partial charge in [0.1, 0.15) is 0 Å². The average Bonchev–Trinajstić information content (AvgIpc) is 2.74. The van der Waals surface area contributed by atoms with Gasteiger partial charge in [-0.25, -0.2) is 0 Å². The molecular formula is C23H24N4O2S. The summed E-state index contributed by atoms with van der Waals surface area (Å²) in [6.07, 6.45) is 0. The molecule has 3 aromatic rings. The predicted octanol–water partition coefficient (Wildman–Crippen LogP) is 3.43. The van der Waals surface area contributed by atoms with Crippen LogP contribution in [0.3, 0.4) is 0 Å². The molecule has 154 valence electrons. The molecule has 6 N–H and O–H groups in total. The number of nitrogen functional groups attached to an aromatic ring is 1. The largest absolute Gasteiger partial charge is 0.398 e. The zero-order valence-corrected chi connectivity index (χ0v) is 17.5. The number of carbonyl (C=O) groups excluding carboxylic acids is 2. The van der Waals surface area contributed by atoms with Crippen LogP contribution in [-0.2, 0) is 4.79 Å². The minimum Gasteiger partial charge on any atom is -0.398 e. The van der Waals surface area contributed by atoms with Gasteiger partial charge in [-0.3, -0.25) is 14.3 Å². The van der Waals surface area contributed by atoms with Crippen molar-refractivity contribution in [3.8, 4) is 22.3 Å². The van der Waals surface area contributed by atoms with Crippen LogP contribution in [0, 0.1) is 0 Å². The molecule has 0 aromatic heterocycles. The molecule has 0 aliphatic heterocycles. The van der Waals surface area contributed by atoms with Gasteiger partial charge in [-0.1, -0.05) is 42.5 Å². The molecule has 0 aliphatic carbocycles. The van der Waals surface area contributed by atoms with Crippen molar-refractivity contribution >= 4 is 29.4 Å². The summed E-state index contributed by atoms with van der Waals surface area (Å²) in [6.45, 7) is 2.72. The summed E-state index contributed by atoms with van der Waals surface area (Å²) < 4.78 is 3.20. The first kappa shape index (κ1) is 21.4. The van der Waals surface area contributed by atoms with E-state index in [4.69, 9.17) is 11.5 Å². The van der Waals surface area contributed by atoms with E-state index in [1.165, 1.54) is 18.9 Å². The number of carbonyl (C=O) groups is 2. The molecule has 3 rings (SSSR count). The highest BCUT2D eigenvalue weighted by Crippen LogP contribution is 2.34. The molecule has 7 heteroatoms. The van der Waals surface area contributed by atoms with Crippen LogP contribution in [0.25, 0.3) is 22.3 Å². The minimum absolute atomic E-state index is 0.0446. The van der Waals surface area contributed by atoms with Crippen molar-refractivity contribution < 1.29 is 9.59 Å². The van der Waals surface area contributed by atoms with E-state index in [1.807, 2.05) is 60.7 Å². The topological polar surface area (TPSA) is 110 Å². The molecule has 0 saturated carbocycles. The Morgan fingerprint density at radius 1 is 0.900 bits per heavy atom. The van der Waals surface area contributed by atoms with Gasteiger partial charge in [0.2, 0.25) is 5.91 Å². The van der Waals surface area contributed by atoms with Gasteiger partial charge < -0.3 is 16.8 Å². The van der Waals surface area contributed by atoms with Crippen LogP contribution in [0.15, 0.2) is 71.6 Å². The fourth-order valence-corrected chi connectivity index (χ4v) is 3.66. The Morgan fingerprint density at radius 3 is 2.23 bits per heavy atom. The molecule has 0 radical (unpaired) electrons. The number of benzene rings is 3. The fourth-order valence-electron chi connectivity index (χ4n) is 3.02. The zero-order chi connectivity index (χ0) is 21.5. The summed E-state index contributed by atoms with van der Waals surface area (Å²) in [4.78, 5) is 23.9. The Balaban J connectivity index is 1.83. The summed E-state index contributed by atoms with van der Waals surface area (Å²) in [5.41, 5.74) is 16.1. The van der Waals surface area contributed by atoms with Gasteiger partial charge in [-0.05, 0) is 52.9 Å². The zero-order valence-electron chi connectivity index (χ0n) is 16.6. The first-order valence-electron chi connectivity index (χ1n) is 9.49. The molecule has 0 spiro atoms.